The lowest BCUT2D eigenvalue weighted by molar-refractivity contribution is 0.194. The summed E-state index contributed by atoms with van der Waals surface area (Å²) in [6.45, 7) is 22.5. The molecule has 6 aromatic carbocycles. The number of nitrogens with zero attached hydrogens (tertiary/aromatic N) is 3. The Morgan fingerprint density at radius 3 is 2.22 bits per heavy atom. The van der Waals surface area contributed by atoms with Crippen molar-refractivity contribution < 1.29 is 0 Å². The van der Waals surface area contributed by atoms with Crippen molar-refractivity contribution in [1.82, 2.24) is 4.57 Å². The molecule has 1 saturated carbocycles. The topological polar surface area (TPSA) is 11.4 Å². The third kappa shape index (κ3) is 3.85. The fraction of sp³-hybridized carbons (Fsp3) is 0.357. The second kappa shape index (κ2) is 11.0. The first-order valence-electron chi connectivity index (χ1n) is 22.9. The molecule has 4 unspecified atom stereocenters. The van der Waals surface area contributed by atoms with Gasteiger partial charge in [-0.15, -0.1) is 0 Å². The van der Waals surface area contributed by atoms with Crippen LogP contribution in [0, 0.1) is 13.8 Å². The molecule has 13 rings (SSSR count). The fourth-order valence-corrected chi connectivity index (χ4v) is 14.7. The van der Waals surface area contributed by atoms with Crippen LogP contribution in [0.4, 0.5) is 22.7 Å². The van der Waals surface area contributed by atoms with E-state index in [1.165, 1.54) is 120 Å². The molecule has 1 aromatic heterocycles. The van der Waals surface area contributed by atoms with E-state index in [2.05, 4.69) is 180 Å². The molecule has 1 fully saturated rings. The number of aryl methyl sites for hydroxylation is 3. The second-order valence-corrected chi connectivity index (χ2v) is 21.7. The number of para-hydroxylation sites is 2. The van der Waals surface area contributed by atoms with Crippen molar-refractivity contribution in [2.75, 3.05) is 9.80 Å². The van der Waals surface area contributed by atoms with E-state index in [4.69, 9.17) is 0 Å². The maximum absolute atomic E-state index is 2.92. The highest BCUT2D eigenvalue weighted by Crippen LogP contribution is 2.66. The van der Waals surface area contributed by atoms with Gasteiger partial charge in [-0.1, -0.05) is 126 Å². The van der Waals surface area contributed by atoms with E-state index in [-0.39, 0.29) is 34.0 Å². The number of fused-ring (bicyclic) bond motifs is 15. The van der Waals surface area contributed by atoms with Gasteiger partial charge in [0.2, 0.25) is 0 Å². The Morgan fingerprint density at radius 1 is 0.633 bits per heavy atom. The summed E-state index contributed by atoms with van der Waals surface area (Å²) in [5, 5.41) is 2.70. The monoisotopic (exact) mass is 781 g/mol. The van der Waals surface area contributed by atoms with Crippen molar-refractivity contribution in [2.45, 2.75) is 128 Å². The standard InChI is InChI=1S/C56H56BN3/c1-33-27-34(2)48-45(28-33)59(55(8)25-15-14-24-54(48,55)7)37-31-46-49-47(32-37)60-51-41(53(6)26-23-35-17-10-12-20-40(35)56(53,60)9)29-36(52(3,4)5)30-43(51)57(49)42-21-16-19-39-38-18-11-13-22-44(38)58(46)50(39)42/h10-13,16-22,27-32H,14-15,23-26H2,1-9H3. The van der Waals surface area contributed by atoms with E-state index in [0.29, 0.717) is 0 Å². The Balaban J connectivity index is 1.22. The third-order valence-electron chi connectivity index (χ3n) is 17.8. The van der Waals surface area contributed by atoms with Crippen molar-refractivity contribution in [1.29, 1.82) is 0 Å². The van der Waals surface area contributed by atoms with Crippen LogP contribution in [0.25, 0.3) is 27.5 Å². The molecule has 4 atom stereocenters. The van der Waals surface area contributed by atoms with Gasteiger partial charge in [0.1, 0.15) is 0 Å². The van der Waals surface area contributed by atoms with E-state index < -0.39 is 0 Å². The highest BCUT2D eigenvalue weighted by molar-refractivity contribution is 7.00. The molecule has 3 nitrogen and oxygen atoms in total. The average Bonchev–Trinajstić information content (AvgIpc) is 3.75. The zero-order chi connectivity index (χ0) is 41.0. The summed E-state index contributed by atoms with van der Waals surface area (Å²) in [6, 6.07) is 41.4. The minimum Gasteiger partial charge on any atom is -0.334 e. The summed E-state index contributed by atoms with van der Waals surface area (Å²) < 4.78 is 2.69. The molecular formula is C56H56BN3. The van der Waals surface area contributed by atoms with Gasteiger partial charge in [-0.3, -0.25) is 0 Å². The average molecular weight is 782 g/mol. The molecule has 0 amide bonds. The van der Waals surface area contributed by atoms with Crippen molar-refractivity contribution in [3.05, 3.63) is 142 Å². The zero-order valence-electron chi connectivity index (χ0n) is 37.0. The van der Waals surface area contributed by atoms with Gasteiger partial charge in [0.15, 0.2) is 0 Å². The molecule has 0 radical (unpaired) electrons. The fourth-order valence-electron chi connectivity index (χ4n) is 14.7. The van der Waals surface area contributed by atoms with Crippen LogP contribution in [0.3, 0.4) is 0 Å². The molecule has 60 heavy (non-hydrogen) atoms. The molecule has 7 aromatic rings. The van der Waals surface area contributed by atoms with E-state index in [1.807, 2.05) is 0 Å². The second-order valence-electron chi connectivity index (χ2n) is 21.7. The predicted octanol–water partition coefficient (Wildman–Crippen LogP) is 11.9. The number of rotatable bonds is 1. The van der Waals surface area contributed by atoms with Gasteiger partial charge in [-0.2, -0.15) is 0 Å². The number of hydrogen-bond donors (Lipinski definition) is 0. The molecular weight excluding hydrogens is 725 g/mol. The summed E-state index contributed by atoms with van der Waals surface area (Å²) in [5.74, 6) is 0. The van der Waals surface area contributed by atoms with Gasteiger partial charge >= 0.3 is 0 Å². The lowest BCUT2D eigenvalue weighted by atomic mass is 9.33. The molecule has 2 aliphatic carbocycles. The van der Waals surface area contributed by atoms with Crippen molar-refractivity contribution in [2.24, 2.45) is 0 Å². The normalized spacial score (nSPS) is 26.5. The maximum Gasteiger partial charge on any atom is 0.252 e. The van der Waals surface area contributed by atoms with E-state index >= 15 is 0 Å². The first kappa shape index (κ1) is 35.5. The van der Waals surface area contributed by atoms with Crippen LogP contribution < -0.4 is 26.2 Å². The Morgan fingerprint density at radius 2 is 1.38 bits per heavy atom. The van der Waals surface area contributed by atoms with Crippen LogP contribution >= 0.6 is 0 Å². The van der Waals surface area contributed by atoms with Crippen LogP contribution in [0.2, 0.25) is 0 Å². The molecule has 0 N–H and O–H groups in total. The van der Waals surface area contributed by atoms with Crippen LogP contribution in [0.5, 0.6) is 0 Å². The smallest absolute Gasteiger partial charge is 0.252 e. The van der Waals surface area contributed by atoms with E-state index in [0.717, 1.165) is 12.8 Å². The first-order chi connectivity index (χ1) is 28.7. The van der Waals surface area contributed by atoms with Crippen molar-refractivity contribution >= 4 is 67.7 Å². The van der Waals surface area contributed by atoms with Gasteiger partial charge in [0.25, 0.3) is 6.71 Å². The molecule has 298 valence electrons. The Kier molecular flexibility index (Phi) is 6.51. The number of hydrogen-bond acceptors (Lipinski definition) is 2. The summed E-state index contributed by atoms with van der Waals surface area (Å²) >= 11 is 0. The number of benzene rings is 6. The minimum absolute atomic E-state index is 0.00230. The lowest BCUT2D eigenvalue weighted by Crippen LogP contribution is -2.63. The zero-order valence-corrected chi connectivity index (χ0v) is 37.0. The Bertz CT molecular complexity index is 3110. The predicted molar refractivity (Wildman–Crippen MR) is 254 cm³/mol. The van der Waals surface area contributed by atoms with Crippen molar-refractivity contribution in [3.63, 3.8) is 0 Å². The van der Waals surface area contributed by atoms with Gasteiger partial charge in [0, 0.05) is 55.6 Å². The number of anilines is 4. The summed E-state index contributed by atoms with van der Waals surface area (Å²) in [4.78, 5) is 5.78. The molecule has 4 aliphatic heterocycles. The summed E-state index contributed by atoms with van der Waals surface area (Å²) in [7, 11) is 0. The molecule has 0 bridgehead atoms. The largest absolute Gasteiger partial charge is 0.334 e. The quantitative estimate of drug-likeness (QED) is 0.154. The third-order valence-corrected chi connectivity index (χ3v) is 17.8. The maximum atomic E-state index is 2.92. The molecule has 5 heterocycles. The van der Waals surface area contributed by atoms with E-state index in [1.54, 1.807) is 11.1 Å². The van der Waals surface area contributed by atoms with Gasteiger partial charge < -0.3 is 14.4 Å². The van der Waals surface area contributed by atoms with Crippen LogP contribution in [0.1, 0.15) is 120 Å². The van der Waals surface area contributed by atoms with Gasteiger partial charge in [-0.25, -0.2) is 0 Å². The molecule has 0 saturated heterocycles. The lowest BCUT2D eigenvalue weighted by Gasteiger charge is -2.53. The van der Waals surface area contributed by atoms with Crippen LogP contribution in [0.15, 0.2) is 103 Å². The van der Waals surface area contributed by atoms with E-state index in [9.17, 15) is 0 Å². The Hall–Kier alpha value is -5.22. The van der Waals surface area contributed by atoms with Crippen LogP contribution in [-0.2, 0) is 28.2 Å². The Labute approximate surface area is 356 Å². The molecule has 0 spiro atoms. The number of aromatic nitrogens is 1. The molecule has 4 heteroatoms. The summed E-state index contributed by atoms with van der Waals surface area (Å²) in [5.41, 5.74) is 24.0. The highest BCUT2D eigenvalue weighted by Gasteiger charge is 2.64. The first-order valence-corrected chi connectivity index (χ1v) is 22.9. The van der Waals surface area contributed by atoms with Gasteiger partial charge in [0.05, 0.1) is 16.6 Å². The summed E-state index contributed by atoms with van der Waals surface area (Å²) in [6.07, 6.45) is 7.17. The van der Waals surface area contributed by atoms with Gasteiger partial charge in [-0.05, 0) is 138 Å². The van der Waals surface area contributed by atoms with Crippen molar-refractivity contribution in [3.8, 4) is 5.69 Å². The minimum atomic E-state index is -0.294. The highest BCUT2D eigenvalue weighted by atomic mass is 15.3. The van der Waals surface area contributed by atoms with Crippen LogP contribution in [-0.4, -0.2) is 16.8 Å². The molecule has 6 aliphatic rings. The SMILES string of the molecule is Cc1cc(C)c2c(c1)N(c1cc3c4c(c1)-n1c5ccccc5c5cccc(c51)B4c1cc(C(C)(C)C)cc4c1N3C1(C)c3ccccc3CCC41C)C1(C)CCCCC21C.